The third-order valence-corrected chi connectivity index (χ3v) is 6.38. The van der Waals surface area contributed by atoms with Crippen molar-refractivity contribution in [2.24, 2.45) is 0 Å². The Hall–Kier alpha value is -3.75. The minimum atomic E-state index is -0.942. The van der Waals surface area contributed by atoms with Crippen molar-refractivity contribution < 1.29 is 23.0 Å². The number of fused-ring (bicyclic) bond motifs is 2. The zero-order chi connectivity index (χ0) is 23.3. The first-order valence-electron chi connectivity index (χ1n) is 10.5. The van der Waals surface area contributed by atoms with Gasteiger partial charge in [-0.25, -0.2) is 18.7 Å². The summed E-state index contributed by atoms with van der Waals surface area (Å²) >= 11 is 0. The molecule has 0 bridgehead atoms. The summed E-state index contributed by atoms with van der Waals surface area (Å²) in [6, 6.07) is 8.58. The highest BCUT2D eigenvalue weighted by Gasteiger charge is 2.57. The van der Waals surface area contributed by atoms with Crippen molar-refractivity contribution >= 4 is 23.2 Å². The fourth-order valence-electron chi connectivity index (χ4n) is 4.41. The van der Waals surface area contributed by atoms with Crippen LogP contribution in [0.25, 0.3) is 0 Å². The highest BCUT2D eigenvalue weighted by Crippen LogP contribution is 2.55. The summed E-state index contributed by atoms with van der Waals surface area (Å²) in [5.74, 6) is -1.27. The standard InChI is InChI=1S/C24H22F2N4O3/c1-29(18-6-4-5-9-27-18)19-10-15-14(12-28-19)13-30(23(31)24(15)7-8-24)22-20(25)16(32-2)11-17(33-3)21(22)26/h4-6,9-12H,7-8,13H2,1-3H3. The molecule has 0 unspecified atom stereocenters. The lowest BCUT2D eigenvalue weighted by Gasteiger charge is -2.35. The molecule has 1 aromatic carbocycles. The van der Waals surface area contributed by atoms with Crippen LogP contribution in [0.2, 0.25) is 0 Å². The average Bonchev–Trinajstić information content (AvgIpc) is 3.64. The van der Waals surface area contributed by atoms with Gasteiger partial charge in [0.05, 0.1) is 26.2 Å². The number of nitrogens with zero attached hydrogens (tertiary/aromatic N) is 4. The second-order valence-corrected chi connectivity index (χ2v) is 8.18. The maximum Gasteiger partial charge on any atom is 0.238 e. The van der Waals surface area contributed by atoms with Gasteiger partial charge in [-0.05, 0) is 42.2 Å². The van der Waals surface area contributed by atoms with E-state index in [0.717, 1.165) is 22.1 Å². The maximum atomic E-state index is 15.2. The van der Waals surface area contributed by atoms with Crippen molar-refractivity contribution in [3.63, 3.8) is 0 Å². The van der Waals surface area contributed by atoms with E-state index >= 15 is 8.78 Å². The third kappa shape index (κ3) is 3.18. The van der Waals surface area contributed by atoms with Crippen LogP contribution in [0, 0.1) is 11.6 Å². The number of aromatic nitrogens is 2. The van der Waals surface area contributed by atoms with E-state index in [1.54, 1.807) is 12.4 Å². The number of rotatable bonds is 5. The van der Waals surface area contributed by atoms with Crippen LogP contribution in [0.4, 0.5) is 26.1 Å². The number of carbonyl (C=O) groups is 1. The van der Waals surface area contributed by atoms with Crippen LogP contribution in [0.5, 0.6) is 11.5 Å². The summed E-state index contributed by atoms with van der Waals surface area (Å²) < 4.78 is 40.4. The van der Waals surface area contributed by atoms with Crippen LogP contribution in [0.3, 0.4) is 0 Å². The van der Waals surface area contributed by atoms with Crippen molar-refractivity contribution in [2.45, 2.75) is 24.8 Å². The Morgan fingerprint density at radius 2 is 1.73 bits per heavy atom. The number of methoxy groups -OCH3 is 2. The Kier molecular flexibility index (Phi) is 4.92. The second kappa shape index (κ2) is 7.68. The lowest BCUT2D eigenvalue weighted by Crippen LogP contribution is -2.45. The quantitative estimate of drug-likeness (QED) is 0.580. The van der Waals surface area contributed by atoms with E-state index in [9.17, 15) is 4.79 Å². The highest BCUT2D eigenvalue weighted by atomic mass is 19.1. The Bertz CT molecular complexity index is 1220. The average molecular weight is 452 g/mol. The molecule has 1 amide bonds. The van der Waals surface area contributed by atoms with Crippen LogP contribution < -0.4 is 19.3 Å². The first-order valence-corrected chi connectivity index (χ1v) is 10.5. The Morgan fingerprint density at radius 3 is 2.30 bits per heavy atom. The fraction of sp³-hybridized carbons (Fsp3) is 0.292. The predicted molar refractivity (Wildman–Crippen MR) is 118 cm³/mol. The van der Waals surface area contributed by atoms with E-state index in [4.69, 9.17) is 9.47 Å². The molecular weight excluding hydrogens is 430 g/mol. The Labute approximate surface area is 189 Å². The molecule has 2 aliphatic rings. The Balaban J connectivity index is 1.59. The number of hydrogen-bond donors (Lipinski definition) is 0. The zero-order valence-electron chi connectivity index (χ0n) is 18.4. The van der Waals surface area contributed by atoms with E-state index < -0.39 is 22.7 Å². The number of amides is 1. The van der Waals surface area contributed by atoms with Gasteiger partial charge in [0.25, 0.3) is 0 Å². The van der Waals surface area contributed by atoms with Crippen LogP contribution in [0.15, 0.2) is 42.7 Å². The molecule has 0 N–H and O–H groups in total. The van der Waals surface area contributed by atoms with Gasteiger partial charge in [-0.1, -0.05) is 6.07 Å². The lowest BCUT2D eigenvalue weighted by atomic mass is 9.86. The minimum Gasteiger partial charge on any atom is -0.493 e. The molecule has 1 aliphatic carbocycles. The van der Waals surface area contributed by atoms with Gasteiger partial charge in [-0.15, -0.1) is 0 Å². The second-order valence-electron chi connectivity index (χ2n) is 8.18. The molecule has 3 aromatic rings. The number of ether oxygens (including phenoxy) is 2. The Morgan fingerprint density at radius 1 is 1.03 bits per heavy atom. The van der Waals surface area contributed by atoms with Gasteiger partial charge in [0.15, 0.2) is 23.1 Å². The molecule has 1 fully saturated rings. The van der Waals surface area contributed by atoms with Crippen LogP contribution in [0.1, 0.15) is 24.0 Å². The third-order valence-electron chi connectivity index (χ3n) is 6.38. The molecule has 170 valence electrons. The summed E-state index contributed by atoms with van der Waals surface area (Å²) in [4.78, 5) is 25.5. The van der Waals surface area contributed by atoms with Crippen molar-refractivity contribution in [3.8, 4) is 11.5 Å². The number of carbonyl (C=O) groups excluding carboxylic acids is 1. The summed E-state index contributed by atoms with van der Waals surface area (Å²) in [7, 11) is 4.40. The molecule has 0 radical (unpaired) electrons. The molecule has 0 saturated heterocycles. The number of anilines is 3. The summed E-state index contributed by atoms with van der Waals surface area (Å²) in [6.45, 7) is -0.0132. The van der Waals surface area contributed by atoms with Gasteiger partial charge in [-0.2, -0.15) is 0 Å². The van der Waals surface area contributed by atoms with Gasteiger partial charge in [-0.3, -0.25) is 4.79 Å². The fourth-order valence-corrected chi connectivity index (χ4v) is 4.41. The molecule has 0 atom stereocenters. The molecule has 2 aromatic heterocycles. The van der Waals surface area contributed by atoms with Crippen molar-refractivity contribution in [3.05, 3.63) is 65.5 Å². The number of pyridine rings is 2. The highest BCUT2D eigenvalue weighted by molar-refractivity contribution is 6.05. The number of halogens is 2. The normalized spacial score (nSPS) is 15.9. The van der Waals surface area contributed by atoms with E-state index in [1.807, 2.05) is 36.2 Å². The van der Waals surface area contributed by atoms with Crippen LogP contribution in [-0.2, 0) is 16.8 Å². The molecular formula is C24H22F2N4O3. The first kappa shape index (κ1) is 21.1. The zero-order valence-corrected chi connectivity index (χ0v) is 18.4. The molecule has 7 nitrogen and oxygen atoms in total. The van der Waals surface area contributed by atoms with Gasteiger partial charge in [0.1, 0.15) is 17.3 Å². The van der Waals surface area contributed by atoms with Gasteiger partial charge < -0.3 is 19.3 Å². The summed E-state index contributed by atoms with van der Waals surface area (Å²) in [6.07, 6.45) is 4.54. The smallest absolute Gasteiger partial charge is 0.238 e. The van der Waals surface area contributed by atoms with Gasteiger partial charge >= 0.3 is 0 Å². The number of hydrogen-bond acceptors (Lipinski definition) is 6. The van der Waals surface area contributed by atoms with Crippen molar-refractivity contribution in [1.29, 1.82) is 0 Å². The summed E-state index contributed by atoms with van der Waals surface area (Å²) in [5.41, 5.74) is 0.284. The van der Waals surface area contributed by atoms with Crippen molar-refractivity contribution in [1.82, 2.24) is 9.97 Å². The van der Waals surface area contributed by atoms with E-state index in [2.05, 4.69) is 9.97 Å². The topological polar surface area (TPSA) is 67.8 Å². The predicted octanol–water partition coefficient (Wildman–Crippen LogP) is 4.12. The molecule has 1 aliphatic heterocycles. The molecule has 3 heterocycles. The van der Waals surface area contributed by atoms with Crippen molar-refractivity contribution in [2.75, 3.05) is 31.1 Å². The first-order chi connectivity index (χ1) is 15.9. The van der Waals surface area contributed by atoms with Gasteiger partial charge in [0, 0.05) is 25.5 Å². The van der Waals surface area contributed by atoms with E-state index in [0.29, 0.717) is 24.5 Å². The molecule has 1 spiro atoms. The maximum absolute atomic E-state index is 15.2. The molecule has 9 heteroatoms. The van der Waals surface area contributed by atoms with Crippen LogP contribution in [-0.4, -0.2) is 37.1 Å². The molecule has 5 rings (SSSR count). The lowest BCUT2D eigenvalue weighted by molar-refractivity contribution is -0.121. The SMILES string of the molecule is COc1cc(OC)c(F)c(N2Cc3cnc(N(C)c4ccccn4)cc3C3(CC3)C2=O)c1F. The number of benzene rings is 1. The largest absolute Gasteiger partial charge is 0.493 e. The van der Waals surface area contributed by atoms with E-state index in [-0.39, 0.29) is 24.0 Å². The monoisotopic (exact) mass is 452 g/mol. The summed E-state index contributed by atoms with van der Waals surface area (Å²) in [5, 5.41) is 0. The van der Waals surface area contributed by atoms with Gasteiger partial charge in [0.2, 0.25) is 5.91 Å². The van der Waals surface area contributed by atoms with Crippen LogP contribution >= 0.6 is 0 Å². The molecule has 1 saturated carbocycles. The van der Waals surface area contributed by atoms with E-state index in [1.165, 1.54) is 14.2 Å². The minimum absolute atomic E-state index is 0.0132. The molecule has 33 heavy (non-hydrogen) atoms.